The smallest absolute Gasteiger partial charge is 0.273 e. The molecule has 4 rings (SSSR count). The summed E-state index contributed by atoms with van der Waals surface area (Å²) < 4.78 is 5.84. The topological polar surface area (TPSA) is 161 Å². The number of dihydropyridines is 1. The van der Waals surface area contributed by atoms with Crippen LogP contribution in [0, 0.1) is 23.2 Å². The maximum Gasteiger partial charge on any atom is 0.273 e. The lowest BCUT2D eigenvalue weighted by Crippen LogP contribution is -2.36. The molecule has 49 heavy (non-hydrogen) atoms. The van der Waals surface area contributed by atoms with Crippen molar-refractivity contribution in [2.24, 2.45) is 11.8 Å². The SMILES string of the molecule is CC/C=C(/C=C(/C#N)C(C)CC)CN(C)C(=O)C1=CC=C(c2c(Cl)ccc(Nc3cc(NC(=O)C4CC4)nnc3C(=O)NC)c2OC)CN1. The van der Waals surface area contributed by atoms with Crippen molar-refractivity contribution in [1.29, 1.82) is 5.26 Å². The van der Waals surface area contributed by atoms with Gasteiger partial charge >= 0.3 is 0 Å². The minimum absolute atomic E-state index is 0.0235. The summed E-state index contributed by atoms with van der Waals surface area (Å²) in [6.45, 7) is 6.72. The number of carbonyl (C=O) groups excluding carboxylic acids is 3. The van der Waals surface area contributed by atoms with Gasteiger partial charge in [0.25, 0.3) is 11.8 Å². The fraction of sp³-hybridized carbons (Fsp3) is 0.389. The number of anilines is 3. The molecule has 3 amide bonds. The highest BCUT2D eigenvalue weighted by Crippen LogP contribution is 2.41. The van der Waals surface area contributed by atoms with Gasteiger partial charge in [-0.05, 0) is 67.0 Å². The van der Waals surface area contributed by atoms with Crippen LogP contribution in [0.15, 0.2) is 59.3 Å². The number of hydrogen-bond acceptors (Lipinski definition) is 9. The zero-order chi connectivity index (χ0) is 35.7. The van der Waals surface area contributed by atoms with E-state index in [1.54, 1.807) is 36.2 Å². The molecule has 1 aliphatic carbocycles. The molecule has 258 valence electrons. The Bertz CT molecular complexity index is 1770. The van der Waals surface area contributed by atoms with E-state index in [0.717, 1.165) is 36.8 Å². The number of carbonyl (C=O) groups is 3. The predicted octanol–water partition coefficient (Wildman–Crippen LogP) is 5.75. The molecule has 1 aromatic carbocycles. The van der Waals surface area contributed by atoms with Crippen LogP contribution in [-0.2, 0) is 9.59 Å². The molecule has 13 heteroatoms. The number of ether oxygens (including phenoxy) is 1. The Balaban J connectivity index is 1.60. The van der Waals surface area contributed by atoms with Gasteiger partial charge in [0.15, 0.2) is 17.3 Å². The van der Waals surface area contributed by atoms with Crippen LogP contribution < -0.4 is 26.0 Å². The summed E-state index contributed by atoms with van der Waals surface area (Å²) in [7, 11) is 4.73. The van der Waals surface area contributed by atoms with Gasteiger partial charge in [0.1, 0.15) is 5.70 Å². The summed E-state index contributed by atoms with van der Waals surface area (Å²) >= 11 is 6.72. The third-order valence-electron chi connectivity index (χ3n) is 8.33. The van der Waals surface area contributed by atoms with Crippen LogP contribution in [0.1, 0.15) is 62.5 Å². The molecule has 1 aromatic heterocycles. The van der Waals surface area contributed by atoms with Gasteiger partial charge in [-0.2, -0.15) is 5.26 Å². The first-order chi connectivity index (χ1) is 23.5. The first-order valence-corrected chi connectivity index (χ1v) is 16.7. The number of allylic oxidation sites excluding steroid dienone is 4. The molecule has 1 fully saturated rings. The van der Waals surface area contributed by atoms with Gasteiger partial charge < -0.3 is 30.9 Å². The van der Waals surface area contributed by atoms with Crippen molar-refractivity contribution in [2.75, 3.05) is 44.9 Å². The monoisotopic (exact) mass is 686 g/mol. The third kappa shape index (κ3) is 9.06. The fourth-order valence-electron chi connectivity index (χ4n) is 5.22. The zero-order valence-electron chi connectivity index (χ0n) is 28.7. The highest BCUT2D eigenvalue weighted by molar-refractivity contribution is 6.33. The number of methoxy groups -OCH3 is 1. The van der Waals surface area contributed by atoms with Gasteiger partial charge in [-0.25, -0.2) is 0 Å². The van der Waals surface area contributed by atoms with Crippen molar-refractivity contribution in [3.8, 4) is 11.8 Å². The highest BCUT2D eigenvalue weighted by Gasteiger charge is 2.30. The number of hydrogen-bond donors (Lipinski definition) is 4. The second-order valence-electron chi connectivity index (χ2n) is 12.0. The van der Waals surface area contributed by atoms with Crippen LogP contribution in [0.2, 0.25) is 5.02 Å². The number of likely N-dealkylation sites (N-methyl/N-ethyl adjacent to an activating group) is 1. The average Bonchev–Trinajstić information content (AvgIpc) is 3.96. The quantitative estimate of drug-likeness (QED) is 0.143. The lowest BCUT2D eigenvalue weighted by atomic mass is 9.97. The number of nitrogens with one attached hydrogen (secondary N) is 4. The Morgan fingerprint density at radius 3 is 2.55 bits per heavy atom. The lowest BCUT2D eigenvalue weighted by molar-refractivity contribution is -0.125. The van der Waals surface area contributed by atoms with Crippen LogP contribution in [0.25, 0.3) is 5.57 Å². The highest BCUT2D eigenvalue weighted by atomic mass is 35.5. The third-order valence-corrected chi connectivity index (χ3v) is 8.65. The van der Waals surface area contributed by atoms with E-state index >= 15 is 0 Å². The van der Waals surface area contributed by atoms with Gasteiger partial charge in [-0.3, -0.25) is 14.4 Å². The predicted molar refractivity (Wildman–Crippen MR) is 191 cm³/mol. The normalized spacial score (nSPS) is 15.1. The molecule has 1 aliphatic heterocycles. The summed E-state index contributed by atoms with van der Waals surface area (Å²) in [6.07, 6.45) is 10.7. The minimum Gasteiger partial charge on any atom is -0.494 e. The number of aromatic nitrogens is 2. The van der Waals surface area contributed by atoms with Crippen LogP contribution >= 0.6 is 11.6 Å². The molecule has 2 aliphatic rings. The number of nitriles is 1. The van der Waals surface area contributed by atoms with Crippen LogP contribution in [0.5, 0.6) is 5.75 Å². The van der Waals surface area contributed by atoms with Crippen molar-refractivity contribution in [3.63, 3.8) is 0 Å². The first kappa shape index (κ1) is 36.7. The van der Waals surface area contributed by atoms with E-state index in [-0.39, 0.29) is 41.7 Å². The van der Waals surface area contributed by atoms with E-state index in [9.17, 15) is 19.6 Å². The fourth-order valence-corrected chi connectivity index (χ4v) is 5.49. The van der Waals surface area contributed by atoms with Gasteiger partial charge in [0.05, 0.1) is 29.6 Å². The van der Waals surface area contributed by atoms with Crippen molar-refractivity contribution < 1.29 is 19.1 Å². The summed E-state index contributed by atoms with van der Waals surface area (Å²) in [6, 6.07) is 7.27. The molecule has 4 N–H and O–H groups in total. The van der Waals surface area contributed by atoms with Crippen LogP contribution in [-0.4, -0.2) is 67.1 Å². The molecule has 0 radical (unpaired) electrons. The van der Waals surface area contributed by atoms with Crippen LogP contribution in [0.3, 0.4) is 0 Å². The van der Waals surface area contributed by atoms with Crippen molar-refractivity contribution >= 4 is 52.1 Å². The van der Waals surface area contributed by atoms with Crippen molar-refractivity contribution in [1.82, 2.24) is 25.7 Å². The van der Waals surface area contributed by atoms with Crippen LogP contribution in [0.4, 0.5) is 17.2 Å². The Morgan fingerprint density at radius 2 is 1.96 bits per heavy atom. The molecule has 0 bridgehead atoms. The molecule has 1 atom stereocenters. The number of nitrogens with zero attached hydrogens (tertiary/aromatic N) is 4. The standard InChI is InChI=1S/C36H43ClN8O4/c1-7-9-22(16-25(18-38)21(3)8-2)20-45(5)36(48)28-14-12-24(19-40-28)31-26(37)13-15-27(33(31)49-6)41-29-17-30(42-34(46)23-10-11-23)43-44-32(29)35(47)39-4/h9,12-17,21,23,40H,7-8,10-11,19-20H2,1-6H3,(H,39,47)(H2,41,42,43,46)/b22-9-,25-16-. The number of rotatable bonds is 14. The minimum atomic E-state index is -0.468. The number of halogens is 1. The average molecular weight is 687 g/mol. The Labute approximate surface area is 292 Å². The van der Waals surface area contributed by atoms with E-state index in [4.69, 9.17) is 16.3 Å². The largest absolute Gasteiger partial charge is 0.494 e. The summed E-state index contributed by atoms with van der Waals surface area (Å²) in [5.41, 5.74) is 4.19. The maximum absolute atomic E-state index is 13.4. The molecule has 12 nitrogen and oxygen atoms in total. The molecule has 2 aromatic rings. The second kappa shape index (κ2) is 16.8. The van der Waals surface area contributed by atoms with Gasteiger partial charge in [-0.1, -0.05) is 44.5 Å². The lowest BCUT2D eigenvalue weighted by Gasteiger charge is -2.25. The number of benzene rings is 1. The van der Waals surface area contributed by atoms with Gasteiger partial charge in [0, 0.05) is 50.3 Å². The van der Waals surface area contributed by atoms with Gasteiger partial charge in [-0.15, -0.1) is 10.2 Å². The Morgan fingerprint density at radius 1 is 1.20 bits per heavy atom. The molecular weight excluding hydrogens is 644 g/mol. The first-order valence-electron chi connectivity index (χ1n) is 16.3. The summed E-state index contributed by atoms with van der Waals surface area (Å²) in [5.74, 6) is -0.102. The van der Waals surface area contributed by atoms with E-state index in [0.29, 0.717) is 45.5 Å². The molecule has 2 heterocycles. The molecule has 0 saturated heterocycles. The van der Waals surface area contributed by atoms with Crippen molar-refractivity contribution in [3.05, 3.63) is 75.6 Å². The molecule has 1 saturated carbocycles. The van der Waals surface area contributed by atoms with E-state index < -0.39 is 5.91 Å². The molecule has 1 unspecified atom stereocenters. The van der Waals surface area contributed by atoms with E-state index in [1.807, 2.05) is 39.0 Å². The summed E-state index contributed by atoms with van der Waals surface area (Å²) in [5, 5.41) is 29.9. The molecular formula is C36H43ClN8O4. The number of amides is 3. The summed E-state index contributed by atoms with van der Waals surface area (Å²) in [4.78, 5) is 40.1. The van der Waals surface area contributed by atoms with Crippen molar-refractivity contribution in [2.45, 2.75) is 46.5 Å². The molecule has 0 spiro atoms. The Kier molecular flexibility index (Phi) is 12.6. The zero-order valence-corrected chi connectivity index (χ0v) is 29.5. The Hall–Kier alpha value is -5.15. The van der Waals surface area contributed by atoms with E-state index in [2.05, 4.69) is 37.5 Å². The second-order valence-corrected chi connectivity index (χ2v) is 12.4. The van der Waals surface area contributed by atoms with E-state index in [1.165, 1.54) is 14.2 Å². The maximum atomic E-state index is 13.4. The van der Waals surface area contributed by atoms with Gasteiger partial charge in [0.2, 0.25) is 5.91 Å².